The molecule has 0 aliphatic heterocycles. The van der Waals surface area contributed by atoms with Crippen LogP contribution in [-0.4, -0.2) is 35.1 Å². The number of urea groups is 1. The van der Waals surface area contributed by atoms with Gasteiger partial charge in [-0.1, -0.05) is 43.2 Å². The maximum atomic E-state index is 12.1. The minimum Gasteiger partial charge on any atom is -0.479 e. The minimum atomic E-state index is -1.11. The van der Waals surface area contributed by atoms with E-state index in [1.165, 1.54) is 4.90 Å². The van der Waals surface area contributed by atoms with Gasteiger partial charge in [-0.3, -0.25) is 0 Å². The van der Waals surface area contributed by atoms with Crippen molar-refractivity contribution in [1.82, 2.24) is 10.2 Å². The number of benzene rings is 1. The number of carbonyl (C=O) groups is 2. The zero-order chi connectivity index (χ0) is 15.0. The summed E-state index contributed by atoms with van der Waals surface area (Å²) in [5, 5.41) is 11.7. The molecule has 0 aliphatic rings. The second-order valence-electron chi connectivity index (χ2n) is 4.26. The number of nitrogens with zero attached hydrogens (tertiary/aromatic N) is 1. The van der Waals surface area contributed by atoms with Crippen LogP contribution in [0, 0.1) is 12.3 Å². The first-order valence-electron chi connectivity index (χ1n) is 6.36. The predicted molar refractivity (Wildman–Crippen MR) is 76.0 cm³/mol. The first kappa shape index (κ1) is 15.6. The van der Waals surface area contributed by atoms with Crippen molar-refractivity contribution in [2.75, 3.05) is 13.1 Å². The summed E-state index contributed by atoms with van der Waals surface area (Å²) in [7, 11) is 0. The molecule has 2 N–H and O–H groups in total. The molecule has 1 atom stereocenters. The van der Waals surface area contributed by atoms with E-state index in [-0.39, 0.29) is 6.54 Å². The molecule has 106 valence electrons. The lowest BCUT2D eigenvalue weighted by Gasteiger charge is -2.23. The number of hydrogen-bond acceptors (Lipinski definition) is 2. The maximum Gasteiger partial charge on any atom is 0.330 e. The molecule has 0 unspecified atom stereocenters. The highest BCUT2D eigenvalue weighted by Crippen LogP contribution is 2.13. The van der Waals surface area contributed by atoms with Gasteiger partial charge in [-0.15, -0.1) is 6.42 Å². The first-order valence-corrected chi connectivity index (χ1v) is 6.36. The fourth-order valence-electron chi connectivity index (χ4n) is 1.78. The van der Waals surface area contributed by atoms with Crippen LogP contribution in [0.2, 0.25) is 0 Å². The van der Waals surface area contributed by atoms with E-state index in [0.717, 1.165) is 6.42 Å². The number of nitrogens with one attached hydrogen (secondary N) is 1. The van der Waals surface area contributed by atoms with E-state index < -0.39 is 18.0 Å². The number of carboxylic acid groups (broad SMARTS) is 1. The summed E-state index contributed by atoms with van der Waals surface area (Å²) in [6.07, 6.45) is 5.96. The Morgan fingerprint density at radius 1 is 1.40 bits per heavy atom. The van der Waals surface area contributed by atoms with Gasteiger partial charge in [0.25, 0.3) is 0 Å². The number of rotatable bonds is 6. The first-order chi connectivity index (χ1) is 9.60. The molecule has 0 aliphatic carbocycles. The van der Waals surface area contributed by atoms with Crippen molar-refractivity contribution in [3.05, 3.63) is 35.9 Å². The molecule has 2 amide bonds. The number of terminal acetylenes is 1. The van der Waals surface area contributed by atoms with Crippen LogP contribution >= 0.6 is 0 Å². The predicted octanol–water partition coefficient (Wildman–Crippen LogP) is 1.87. The standard InChI is InChI=1S/C15H18N2O3/c1-3-10-17(11-4-2)15(20)16-13(14(18)19)12-8-6-5-7-9-12/h1,5-9,13H,4,10-11H2,2H3,(H,16,20)(H,18,19)/t13-/m1/s1. The summed E-state index contributed by atoms with van der Waals surface area (Å²) >= 11 is 0. The van der Waals surface area contributed by atoms with Crippen molar-refractivity contribution >= 4 is 12.0 Å². The third-order valence-corrected chi connectivity index (χ3v) is 2.71. The fraction of sp³-hybridized carbons (Fsp3) is 0.333. The molecule has 1 aromatic rings. The molecule has 5 heteroatoms. The molecule has 1 rings (SSSR count). The van der Waals surface area contributed by atoms with E-state index in [1.807, 2.05) is 6.92 Å². The Balaban J connectivity index is 2.83. The van der Waals surface area contributed by atoms with Crippen molar-refractivity contribution < 1.29 is 14.7 Å². The van der Waals surface area contributed by atoms with Gasteiger partial charge in [0.1, 0.15) is 0 Å². The molecule has 20 heavy (non-hydrogen) atoms. The second-order valence-corrected chi connectivity index (χ2v) is 4.26. The molecule has 0 saturated carbocycles. The van der Waals surface area contributed by atoms with Crippen molar-refractivity contribution in [1.29, 1.82) is 0 Å². The van der Waals surface area contributed by atoms with Crippen LogP contribution in [0.15, 0.2) is 30.3 Å². The number of hydrogen-bond donors (Lipinski definition) is 2. The molecule has 0 aromatic heterocycles. The summed E-state index contributed by atoms with van der Waals surface area (Å²) in [6.45, 7) is 2.56. The van der Waals surface area contributed by atoms with Crippen LogP contribution in [0.3, 0.4) is 0 Å². The summed E-state index contributed by atoms with van der Waals surface area (Å²) in [5.74, 6) is 1.28. The Morgan fingerprint density at radius 3 is 2.55 bits per heavy atom. The summed E-state index contributed by atoms with van der Waals surface area (Å²) in [5.41, 5.74) is 0.519. The number of aliphatic carboxylic acids is 1. The normalized spacial score (nSPS) is 11.2. The molecule has 0 radical (unpaired) electrons. The van der Waals surface area contributed by atoms with E-state index >= 15 is 0 Å². The summed E-state index contributed by atoms with van der Waals surface area (Å²) < 4.78 is 0. The largest absolute Gasteiger partial charge is 0.479 e. The Hall–Kier alpha value is -2.48. The van der Waals surface area contributed by atoms with E-state index in [0.29, 0.717) is 12.1 Å². The molecular weight excluding hydrogens is 256 g/mol. The van der Waals surface area contributed by atoms with E-state index in [2.05, 4.69) is 11.2 Å². The van der Waals surface area contributed by atoms with E-state index in [4.69, 9.17) is 6.42 Å². The molecule has 0 saturated heterocycles. The zero-order valence-corrected chi connectivity index (χ0v) is 11.4. The van der Waals surface area contributed by atoms with E-state index in [9.17, 15) is 14.7 Å². The van der Waals surface area contributed by atoms with Crippen molar-refractivity contribution in [3.8, 4) is 12.3 Å². The topological polar surface area (TPSA) is 69.6 Å². The van der Waals surface area contributed by atoms with E-state index in [1.54, 1.807) is 30.3 Å². The molecule has 0 heterocycles. The number of carboxylic acids is 1. The Morgan fingerprint density at radius 2 is 2.05 bits per heavy atom. The molecule has 0 fully saturated rings. The van der Waals surface area contributed by atoms with Crippen molar-refractivity contribution in [3.63, 3.8) is 0 Å². The SMILES string of the molecule is C#CCN(CCC)C(=O)N[C@@H](C(=O)O)c1ccccc1. The van der Waals surface area contributed by atoms with Gasteiger partial charge in [0.2, 0.25) is 0 Å². The van der Waals surface area contributed by atoms with Crippen molar-refractivity contribution in [2.45, 2.75) is 19.4 Å². The molecular formula is C15H18N2O3. The third kappa shape index (κ3) is 4.32. The Kier molecular flexibility index (Phi) is 6.11. The quantitative estimate of drug-likeness (QED) is 0.778. The molecule has 0 bridgehead atoms. The smallest absolute Gasteiger partial charge is 0.330 e. The molecule has 5 nitrogen and oxygen atoms in total. The molecule has 0 spiro atoms. The van der Waals surface area contributed by atoms with Crippen LogP contribution < -0.4 is 5.32 Å². The Bertz CT molecular complexity index is 494. The van der Waals surface area contributed by atoms with Gasteiger partial charge >= 0.3 is 12.0 Å². The Labute approximate surface area is 118 Å². The highest BCUT2D eigenvalue weighted by atomic mass is 16.4. The summed E-state index contributed by atoms with van der Waals surface area (Å²) in [6, 6.07) is 6.99. The highest BCUT2D eigenvalue weighted by molar-refractivity contribution is 5.83. The minimum absolute atomic E-state index is 0.154. The van der Waals surface area contributed by atoms with Crippen LogP contribution in [0.4, 0.5) is 4.79 Å². The number of amides is 2. The maximum absolute atomic E-state index is 12.1. The fourth-order valence-corrected chi connectivity index (χ4v) is 1.78. The van der Waals surface area contributed by atoms with Crippen LogP contribution in [0.25, 0.3) is 0 Å². The van der Waals surface area contributed by atoms with Gasteiger partial charge < -0.3 is 15.3 Å². The summed E-state index contributed by atoms with van der Waals surface area (Å²) in [4.78, 5) is 24.8. The zero-order valence-electron chi connectivity index (χ0n) is 11.4. The van der Waals surface area contributed by atoms with Gasteiger partial charge in [0.15, 0.2) is 6.04 Å². The second kappa shape index (κ2) is 7.85. The van der Waals surface area contributed by atoms with Gasteiger partial charge in [-0.05, 0) is 12.0 Å². The average molecular weight is 274 g/mol. The van der Waals surface area contributed by atoms with Crippen molar-refractivity contribution in [2.24, 2.45) is 0 Å². The monoisotopic (exact) mass is 274 g/mol. The third-order valence-electron chi connectivity index (χ3n) is 2.71. The average Bonchev–Trinajstić information content (AvgIpc) is 2.45. The number of carbonyl (C=O) groups excluding carboxylic acids is 1. The van der Waals surface area contributed by atoms with Crippen LogP contribution in [0.1, 0.15) is 24.9 Å². The highest BCUT2D eigenvalue weighted by Gasteiger charge is 2.24. The van der Waals surface area contributed by atoms with Gasteiger partial charge in [0, 0.05) is 6.54 Å². The molecule has 1 aromatic carbocycles. The lowest BCUT2D eigenvalue weighted by molar-refractivity contribution is -0.139. The van der Waals surface area contributed by atoms with Gasteiger partial charge in [-0.2, -0.15) is 0 Å². The van der Waals surface area contributed by atoms with Crippen LogP contribution in [-0.2, 0) is 4.79 Å². The lowest BCUT2D eigenvalue weighted by atomic mass is 10.1. The van der Waals surface area contributed by atoms with Gasteiger partial charge in [0.05, 0.1) is 6.54 Å². The van der Waals surface area contributed by atoms with Crippen LogP contribution in [0.5, 0.6) is 0 Å². The van der Waals surface area contributed by atoms with Gasteiger partial charge in [-0.25, -0.2) is 9.59 Å². The lowest BCUT2D eigenvalue weighted by Crippen LogP contribution is -2.44.